The van der Waals surface area contributed by atoms with Crippen LogP contribution in [0.25, 0.3) is 0 Å². The lowest BCUT2D eigenvalue weighted by Crippen LogP contribution is -2.10. The van der Waals surface area contributed by atoms with Crippen LogP contribution in [-0.2, 0) is 6.42 Å². The molecule has 0 radical (unpaired) electrons. The minimum atomic E-state index is 0.672. The summed E-state index contributed by atoms with van der Waals surface area (Å²) in [6.45, 7) is 3.79. The first-order valence-corrected chi connectivity index (χ1v) is 7.67. The molecule has 0 bridgehead atoms. The number of thiophene rings is 1. The quantitative estimate of drug-likeness (QED) is 0.783. The zero-order valence-electron chi connectivity index (χ0n) is 11.8. The van der Waals surface area contributed by atoms with Crippen LogP contribution in [0.2, 0.25) is 0 Å². The van der Waals surface area contributed by atoms with Crippen molar-refractivity contribution in [1.82, 2.24) is 9.97 Å². The third kappa shape index (κ3) is 3.84. The van der Waals surface area contributed by atoms with Gasteiger partial charge in [0.05, 0.1) is 7.11 Å². The molecule has 0 aliphatic rings. The van der Waals surface area contributed by atoms with Crippen LogP contribution >= 0.6 is 11.3 Å². The summed E-state index contributed by atoms with van der Waals surface area (Å²) < 4.78 is 5.41. The molecule has 5 nitrogen and oxygen atoms in total. The van der Waals surface area contributed by atoms with Gasteiger partial charge in [0.2, 0.25) is 5.75 Å². The fourth-order valence-electron chi connectivity index (χ4n) is 1.82. The average molecular weight is 292 g/mol. The van der Waals surface area contributed by atoms with E-state index >= 15 is 0 Å². The van der Waals surface area contributed by atoms with E-state index in [0.29, 0.717) is 5.75 Å². The van der Waals surface area contributed by atoms with E-state index in [0.717, 1.165) is 37.6 Å². The van der Waals surface area contributed by atoms with E-state index in [1.807, 2.05) is 0 Å². The van der Waals surface area contributed by atoms with E-state index < -0.39 is 0 Å². The molecule has 2 heterocycles. The molecular formula is C14H20N4OS. The lowest BCUT2D eigenvalue weighted by atomic mass is 10.2. The molecule has 108 valence electrons. The summed E-state index contributed by atoms with van der Waals surface area (Å²) in [4.78, 5) is 8.47. The Kier molecular flexibility index (Phi) is 5.61. The van der Waals surface area contributed by atoms with Gasteiger partial charge in [-0.1, -0.05) is 6.92 Å². The zero-order chi connectivity index (χ0) is 14.2. The maximum absolute atomic E-state index is 5.41. The number of ether oxygens (including phenoxy) is 1. The highest BCUT2D eigenvalue weighted by Crippen LogP contribution is 2.28. The predicted molar refractivity (Wildman–Crippen MR) is 83.9 cm³/mol. The summed E-state index contributed by atoms with van der Waals surface area (Å²) in [6.07, 6.45) is 3.55. The Labute approximate surface area is 123 Å². The van der Waals surface area contributed by atoms with Crippen LogP contribution in [0.15, 0.2) is 23.2 Å². The van der Waals surface area contributed by atoms with Crippen molar-refractivity contribution in [3.63, 3.8) is 0 Å². The van der Waals surface area contributed by atoms with Crippen molar-refractivity contribution in [2.24, 2.45) is 0 Å². The van der Waals surface area contributed by atoms with Crippen molar-refractivity contribution >= 4 is 23.0 Å². The standard InChI is InChI=1S/C14H20N4OS/c1-3-6-15-13-12(19-2)14(18-10-17-13)16-7-4-11-5-8-20-9-11/h5,8-10H,3-4,6-7H2,1-2H3,(H2,15,16,17,18). The van der Waals surface area contributed by atoms with Crippen molar-refractivity contribution in [3.05, 3.63) is 28.7 Å². The maximum Gasteiger partial charge on any atom is 0.204 e. The Bertz CT molecular complexity index is 516. The van der Waals surface area contributed by atoms with Crippen LogP contribution in [0, 0.1) is 0 Å². The molecule has 2 aromatic heterocycles. The molecule has 0 aliphatic carbocycles. The van der Waals surface area contributed by atoms with Gasteiger partial charge >= 0.3 is 0 Å². The minimum Gasteiger partial charge on any atom is -0.490 e. The van der Waals surface area contributed by atoms with Crippen molar-refractivity contribution < 1.29 is 4.74 Å². The molecule has 2 aromatic rings. The lowest BCUT2D eigenvalue weighted by molar-refractivity contribution is 0.414. The van der Waals surface area contributed by atoms with E-state index in [2.05, 4.69) is 44.4 Å². The Hall–Kier alpha value is -1.82. The Morgan fingerprint density at radius 1 is 1.20 bits per heavy atom. The Morgan fingerprint density at radius 3 is 2.55 bits per heavy atom. The molecule has 0 fully saturated rings. The SMILES string of the molecule is CCCNc1ncnc(NCCc2ccsc2)c1OC. The number of anilines is 2. The summed E-state index contributed by atoms with van der Waals surface area (Å²) in [6, 6.07) is 2.14. The first kappa shape index (κ1) is 14.6. The summed E-state index contributed by atoms with van der Waals surface area (Å²) in [5.41, 5.74) is 1.33. The average Bonchev–Trinajstić information content (AvgIpc) is 2.98. The van der Waals surface area contributed by atoms with Crippen molar-refractivity contribution in [2.45, 2.75) is 19.8 Å². The van der Waals surface area contributed by atoms with Crippen LogP contribution in [0.3, 0.4) is 0 Å². The minimum absolute atomic E-state index is 0.672. The molecule has 20 heavy (non-hydrogen) atoms. The van der Waals surface area contributed by atoms with E-state index in [4.69, 9.17) is 4.74 Å². The summed E-state index contributed by atoms with van der Waals surface area (Å²) in [5.74, 6) is 2.14. The molecule has 6 heteroatoms. The summed E-state index contributed by atoms with van der Waals surface area (Å²) in [7, 11) is 1.64. The molecule has 0 saturated carbocycles. The van der Waals surface area contributed by atoms with E-state index in [9.17, 15) is 0 Å². The molecule has 2 rings (SSSR count). The van der Waals surface area contributed by atoms with Crippen LogP contribution in [0.5, 0.6) is 5.75 Å². The van der Waals surface area contributed by atoms with Gasteiger partial charge < -0.3 is 15.4 Å². The summed E-state index contributed by atoms with van der Waals surface area (Å²) in [5, 5.41) is 10.8. The normalized spacial score (nSPS) is 10.3. The van der Waals surface area contributed by atoms with Gasteiger partial charge in [-0.05, 0) is 35.2 Å². The fraction of sp³-hybridized carbons (Fsp3) is 0.429. The highest BCUT2D eigenvalue weighted by Gasteiger charge is 2.11. The molecule has 0 aromatic carbocycles. The number of rotatable bonds is 8. The smallest absolute Gasteiger partial charge is 0.204 e. The van der Waals surface area contributed by atoms with Gasteiger partial charge in [-0.15, -0.1) is 0 Å². The predicted octanol–water partition coefficient (Wildman–Crippen LogP) is 3.02. The van der Waals surface area contributed by atoms with Crippen molar-refractivity contribution in [2.75, 3.05) is 30.8 Å². The van der Waals surface area contributed by atoms with Gasteiger partial charge in [0, 0.05) is 13.1 Å². The number of hydrogen-bond donors (Lipinski definition) is 2. The van der Waals surface area contributed by atoms with Crippen LogP contribution in [0.4, 0.5) is 11.6 Å². The first-order chi connectivity index (χ1) is 9.85. The zero-order valence-corrected chi connectivity index (χ0v) is 12.7. The monoisotopic (exact) mass is 292 g/mol. The van der Waals surface area contributed by atoms with Gasteiger partial charge in [-0.3, -0.25) is 0 Å². The van der Waals surface area contributed by atoms with Gasteiger partial charge in [-0.2, -0.15) is 11.3 Å². The van der Waals surface area contributed by atoms with E-state index in [1.165, 1.54) is 5.56 Å². The number of nitrogens with zero attached hydrogens (tertiary/aromatic N) is 2. The van der Waals surface area contributed by atoms with Gasteiger partial charge in [0.15, 0.2) is 11.6 Å². The van der Waals surface area contributed by atoms with Crippen molar-refractivity contribution in [3.8, 4) is 5.75 Å². The molecular weight excluding hydrogens is 272 g/mol. The molecule has 0 unspecified atom stereocenters. The summed E-state index contributed by atoms with van der Waals surface area (Å²) >= 11 is 1.72. The van der Waals surface area contributed by atoms with Gasteiger partial charge in [-0.25, -0.2) is 9.97 Å². The molecule has 2 N–H and O–H groups in total. The van der Waals surface area contributed by atoms with E-state index in [1.54, 1.807) is 24.8 Å². The largest absolute Gasteiger partial charge is 0.490 e. The highest BCUT2D eigenvalue weighted by molar-refractivity contribution is 7.07. The van der Waals surface area contributed by atoms with Crippen LogP contribution < -0.4 is 15.4 Å². The topological polar surface area (TPSA) is 59.1 Å². The number of aromatic nitrogens is 2. The molecule has 0 amide bonds. The molecule has 0 spiro atoms. The van der Waals surface area contributed by atoms with Gasteiger partial charge in [0.25, 0.3) is 0 Å². The number of hydrogen-bond acceptors (Lipinski definition) is 6. The number of nitrogens with one attached hydrogen (secondary N) is 2. The van der Waals surface area contributed by atoms with Crippen molar-refractivity contribution in [1.29, 1.82) is 0 Å². The van der Waals surface area contributed by atoms with E-state index in [-0.39, 0.29) is 0 Å². The maximum atomic E-state index is 5.41. The second kappa shape index (κ2) is 7.69. The Morgan fingerprint density at radius 2 is 1.95 bits per heavy atom. The first-order valence-electron chi connectivity index (χ1n) is 6.73. The highest BCUT2D eigenvalue weighted by atomic mass is 32.1. The van der Waals surface area contributed by atoms with Gasteiger partial charge in [0.1, 0.15) is 6.33 Å². The fourth-order valence-corrected chi connectivity index (χ4v) is 2.53. The Balaban J connectivity index is 1.99. The lowest BCUT2D eigenvalue weighted by Gasteiger charge is -2.13. The second-order valence-electron chi connectivity index (χ2n) is 4.34. The third-order valence-corrected chi connectivity index (χ3v) is 3.57. The third-order valence-electron chi connectivity index (χ3n) is 2.84. The van der Waals surface area contributed by atoms with Crippen LogP contribution in [0.1, 0.15) is 18.9 Å². The second-order valence-corrected chi connectivity index (χ2v) is 5.12. The molecule has 0 saturated heterocycles. The van der Waals surface area contributed by atoms with Crippen LogP contribution in [-0.4, -0.2) is 30.2 Å². The molecule has 0 atom stereocenters. The number of methoxy groups -OCH3 is 1. The molecule has 0 aliphatic heterocycles.